The Labute approximate surface area is 96.5 Å². The molecule has 0 spiro atoms. The third-order valence-corrected chi connectivity index (χ3v) is 6.26. The van der Waals surface area contributed by atoms with Crippen LogP contribution in [0.5, 0.6) is 0 Å². The van der Waals surface area contributed by atoms with Crippen LogP contribution in [0.25, 0.3) is 0 Å². The zero-order valence-electron chi connectivity index (χ0n) is 9.60. The van der Waals surface area contributed by atoms with E-state index < -0.39 is 0 Å². The second-order valence-electron chi connectivity index (χ2n) is 5.22. The largest absolute Gasteiger partial charge is 0.122 e. The van der Waals surface area contributed by atoms with E-state index in [4.69, 9.17) is 0 Å². The average Bonchev–Trinajstić information content (AvgIpc) is 2.72. The smallest absolute Gasteiger partial charge is 0.0194 e. The first-order chi connectivity index (χ1) is 7.20. The van der Waals surface area contributed by atoms with Crippen LogP contribution in [-0.2, 0) is 0 Å². The van der Waals surface area contributed by atoms with Gasteiger partial charge in [0.15, 0.2) is 0 Å². The first-order valence-electron chi connectivity index (χ1n) is 5.95. The van der Waals surface area contributed by atoms with Crippen LogP contribution < -0.4 is 0 Å². The molecule has 1 fully saturated rings. The van der Waals surface area contributed by atoms with Gasteiger partial charge in [-0.2, -0.15) is 0 Å². The highest BCUT2D eigenvalue weighted by molar-refractivity contribution is 8.00. The molecule has 1 aliphatic carbocycles. The monoisotopic (exact) mass is 218 g/mol. The Kier molecular flexibility index (Phi) is 2.14. The molecule has 5 atom stereocenters. The SMILES string of the molecule is CC1C2c3ccccc3SC2[C@H](C)C1C. The highest BCUT2D eigenvalue weighted by atomic mass is 32.2. The molecule has 1 heterocycles. The van der Waals surface area contributed by atoms with Crippen molar-refractivity contribution in [2.24, 2.45) is 17.8 Å². The van der Waals surface area contributed by atoms with Gasteiger partial charge in [0.05, 0.1) is 0 Å². The van der Waals surface area contributed by atoms with Gasteiger partial charge in [-0.1, -0.05) is 39.0 Å². The highest BCUT2D eigenvalue weighted by Gasteiger charge is 2.49. The lowest BCUT2D eigenvalue weighted by atomic mass is 9.87. The lowest BCUT2D eigenvalue weighted by Gasteiger charge is -2.18. The fraction of sp³-hybridized carbons (Fsp3) is 0.571. The van der Waals surface area contributed by atoms with E-state index in [-0.39, 0.29) is 0 Å². The fourth-order valence-corrected chi connectivity index (χ4v) is 5.18. The van der Waals surface area contributed by atoms with Gasteiger partial charge in [0, 0.05) is 16.1 Å². The summed E-state index contributed by atoms with van der Waals surface area (Å²) in [6, 6.07) is 9.00. The second-order valence-corrected chi connectivity index (χ2v) is 6.44. The van der Waals surface area contributed by atoms with E-state index in [0.717, 1.165) is 28.9 Å². The van der Waals surface area contributed by atoms with E-state index in [1.165, 1.54) is 4.90 Å². The molecule has 0 aromatic heterocycles. The molecule has 1 saturated carbocycles. The van der Waals surface area contributed by atoms with Crippen molar-refractivity contribution in [3.8, 4) is 0 Å². The van der Waals surface area contributed by atoms with Gasteiger partial charge in [-0.05, 0) is 29.4 Å². The maximum Gasteiger partial charge on any atom is 0.0194 e. The molecule has 0 saturated heterocycles. The molecule has 2 aliphatic rings. The Balaban J connectivity index is 2.06. The summed E-state index contributed by atoms with van der Waals surface area (Å²) < 4.78 is 0. The minimum atomic E-state index is 0.816. The fourth-order valence-electron chi connectivity index (χ4n) is 3.38. The van der Waals surface area contributed by atoms with Gasteiger partial charge in [0.25, 0.3) is 0 Å². The van der Waals surface area contributed by atoms with Gasteiger partial charge >= 0.3 is 0 Å². The van der Waals surface area contributed by atoms with Crippen LogP contribution in [0, 0.1) is 17.8 Å². The van der Waals surface area contributed by atoms with Crippen molar-refractivity contribution in [2.75, 3.05) is 0 Å². The Hall–Kier alpha value is -0.430. The molecule has 15 heavy (non-hydrogen) atoms. The van der Waals surface area contributed by atoms with E-state index in [1.807, 2.05) is 0 Å². The van der Waals surface area contributed by atoms with Gasteiger partial charge in [0.2, 0.25) is 0 Å². The number of hydrogen-bond acceptors (Lipinski definition) is 1. The van der Waals surface area contributed by atoms with Crippen LogP contribution >= 0.6 is 11.8 Å². The predicted octanol–water partition coefficient (Wildman–Crippen LogP) is 4.17. The van der Waals surface area contributed by atoms with Crippen molar-refractivity contribution < 1.29 is 0 Å². The third kappa shape index (κ3) is 1.22. The summed E-state index contributed by atoms with van der Waals surface area (Å²) in [5.74, 6) is 3.40. The summed E-state index contributed by atoms with van der Waals surface area (Å²) in [5.41, 5.74) is 1.62. The van der Waals surface area contributed by atoms with Crippen molar-refractivity contribution in [3.63, 3.8) is 0 Å². The first kappa shape index (κ1) is 9.77. The number of hydrogen-bond donors (Lipinski definition) is 0. The Morgan fingerprint density at radius 1 is 0.933 bits per heavy atom. The van der Waals surface area contributed by atoms with Crippen molar-refractivity contribution in [3.05, 3.63) is 29.8 Å². The van der Waals surface area contributed by atoms with Crippen molar-refractivity contribution in [1.82, 2.24) is 0 Å². The van der Waals surface area contributed by atoms with Crippen LogP contribution in [0.2, 0.25) is 0 Å². The number of benzene rings is 1. The summed E-state index contributed by atoms with van der Waals surface area (Å²) in [6.07, 6.45) is 0. The molecule has 0 nitrogen and oxygen atoms in total. The summed E-state index contributed by atoms with van der Waals surface area (Å²) in [7, 11) is 0. The van der Waals surface area contributed by atoms with Crippen LogP contribution in [0.3, 0.4) is 0 Å². The van der Waals surface area contributed by atoms with Crippen LogP contribution in [0.4, 0.5) is 0 Å². The minimum Gasteiger partial charge on any atom is -0.122 e. The molecule has 0 radical (unpaired) electrons. The van der Waals surface area contributed by atoms with Crippen molar-refractivity contribution >= 4 is 11.8 Å². The molecule has 4 unspecified atom stereocenters. The predicted molar refractivity (Wildman–Crippen MR) is 66.3 cm³/mol. The summed E-state index contributed by atoms with van der Waals surface area (Å²) in [5, 5.41) is 0.840. The molecule has 1 aromatic rings. The van der Waals surface area contributed by atoms with Gasteiger partial charge in [-0.25, -0.2) is 0 Å². The normalized spacial score (nSPS) is 42.7. The summed E-state index contributed by atoms with van der Waals surface area (Å²) in [6.45, 7) is 7.30. The van der Waals surface area contributed by atoms with Gasteiger partial charge in [-0.3, -0.25) is 0 Å². The molecule has 1 heteroatoms. The molecule has 3 rings (SSSR count). The van der Waals surface area contributed by atoms with Crippen LogP contribution in [0.1, 0.15) is 32.3 Å². The molecular weight excluding hydrogens is 200 g/mol. The van der Waals surface area contributed by atoms with Crippen LogP contribution in [-0.4, -0.2) is 5.25 Å². The van der Waals surface area contributed by atoms with Crippen molar-refractivity contribution in [1.29, 1.82) is 0 Å². The van der Waals surface area contributed by atoms with E-state index in [9.17, 15) is 0 Å². The topological polar surface area (TPSA) is 0 Å². The minimum absolute atomic E-state index is 0.816. The molecule has 1 aliphatic heterocycles. The molecule has 80 valence electrons. The molecule has 1 aromatic carbocycles. The summed E-state index contributed by atoms with van der Waals surface area (Å²) in [4.78, 5) is 1.54. The molecular formula is C14H18S. The van der Waals surface area contributed by atoms with Gasteiger partial charge in [-0.15, -0.1) is 11.8 Å². The number of rotatable bonds is 0. The Morgan fingerprint density at radius 2 is 1.67 bits per heavy atom. The average molecular weight is 218 g/mol. The van der Waals surface area contributed by atoms with E-state index in [1.54, 1.807) is 5.56 Å². The summed E-state index contributed by atoms with van der Waals surface area (Å²) >= 11 is 2.12. The molecule has 0 N–H and O–H groups in total. The Bertz CT molecular complexity index is 385. The Morgan fingerprint density at radius 3 is 2.47 bits per heavy atom. The lowest BCUT2D eigenvalue weighted by molar-refractivity contribution is 0.369. The quantitative estimate of drug-likeness (QED) is 0.630. The van der Waals surface area contributed by atoms with E-state index in [2.05, 4.69) is 56.8 Å². The molecule has 0 amide bonds. The number of fused-ring (bicyclic) bond motifs is 3. The number of thioether (sulfide) groups is 1. The second kappa shape index (κ2) is 3.28. The highest BCUT2D eigenvalue weighted by Crippen LogP contribution is 2.59. The van der Waals surface area contributed by atoms with E-state index in [0.29, 0.717) is 0 Å². The zero-order chi connectivity index (χ0) is 10.6. The van der Waals surface area contributed by atoms with Crippen LogP contribution in [0.15, 0.2) is 29.2 Å². The lowest BCUT2D eigenvalue weighted by Crippen LogP contribution is -2.11. The third-order valence-electron chi connectivity index (χ3n) is 4.64. The molecule has 0 bridgehead atoms. The van der Waals surface area contributed by atoms with Gasteiger partial charge < -0.3 is 0 Å². The zero-order valence-corrected chi connectivity index (χ0v) is 10.4. The van der Waals surface area contributed by atoms with E-state index >= 15 is 0 Å². The standard InChI is InChI=1S/C14H18S/c1-8-9(2)13-11-6-4-5-7-12(11)15-14(13)10(8)3/h4-10,13-14H,1-3H3/t8?,9?,10-,13?,14?/m1/s1. The first-order valence-corrected chi connectivity index (χ1v) is 6.83. The maximum absolute atomic E-state index is 2.44. The van der Waals surface area contributed by atoms with Crippen molar-refractivity contribution in [2.45, 2.75) is 36.8 Å². The maximum atomic E-state index is 2.44. The van der Waals surface area contributed by atoms with Gasteiger partial charge in [0.1, 0.15) is 0 Å².